The van der Waals surface area contributed by atoms with Gasteiger partial charge in [0.15, 0.2) is 5.13 Å². The van der Waals surface area contributed by atoms with Gasteiger partial charge in [0.25, 0.3) is 0 Å². The van der Waals surface area contributed by atoms with Crippen molar-refractivity contribution in [1.82, 2.24) is 15.0 Å². The van der Waals surface area contributed by atoms with E-state index in [1.165, 1.54) is 0 Å². The molecule has 0 atom stereocenters. The first-order valence-corrected chi connectivity index (χ1v) is 9.73. The Balaban J connectivity index is 1.34. The van der Waals surface area contributed by atoms with Crippen molar-refractivity contribution in [3.63, 3.8) is 0 Å². The number of hydrogen-bond donors (Lipinski definition) is 0. The molecule has 0 radical (unpaired) electrons. The van der Waals surface area contributed by atoms with E-state index in [9.17, 15) is 0 Å². The number of anilines is 2. The minimum absolute atomic E-state index is 0.757. The Bertz CT molecular complexity index is 1090. The van der Waals surface area contributed by atoms with Gasteiger partial charge in [-0.1, -0.05) is 35.1 Å². The Morgan fingerprint density at radius 2 is 1.62 bits per heavy atom. The van der Waals surface area contributed by atoms with Crippen LogP contribution in [-0.2, 0) is 0 Å². The van der Waals surface area contributed by atoms with E-state index in [0.717, 1.165) is 63.4 Å². The molecule has 2 aromatic heterocycles. The zero-order valence-corrected chi connectivity index (χ0v) is 15.5. The van der Waals surface area contributed by atoms with E-state index in [4.69, 9.17) is 21.6 Å². The molecule has 1 saturated heterocycles. The van der Waals surface area contributed by atoms with Crippen molar-refractivity contribution in [2.24, 2.45) is 0 Å². The van der Waals surface area contributed by atoms with Gasteiger partial charge in [-0.3, -0.25) is 4.98 Å². The van der Waals surface area contributed by atoms with Crippen LogP contribution in [0.2, 0.25) is 5.02 Å². The molecule has 3 heterocycles. The minimum Gasteiger partial charge on any atom is -0.352 e. The largest absolute Gasteiger partial charge is 0.352 e. The SMILES string of the molecule is Clc1ccc2nc(N3CCN(c4cnc5ccccc5n4)CC3)sc2c1. The number of benzene rings is 2. The molecule has 130 valence electrons. The minimum atomic E-state index is 0.757. The van der Waals surface area contributed by atoms with Gasteiger partial charge in [0, 0.05) is 31.2 Å². The summed E-state index contributed by atoms with van der Waals surface area (Å²) in [6, 6.07) is 13.8. The molecule has 0 unspecified atom stereocenters. The van der Waals surface area contributed by atoms with Gasteiger partial charge < -0.3 is 9.80 Å². The molecular formula is C19H16ClN5S. The van der Waals surface area contributed by atoms with Crippen molar-refractivity contribution in [3.05, 3.63) is 53.7 Å². The van der Waals surface area contributed by atoms with Crippen LogP contribution in [0.3, 0.4) is 0 Å². The predicted octanol–water partition coefficient (Wildman–Crippen LogP) is 4.22. The number of fused-ring (bicyclic) bond motifs is 2. The second-order valence-corrected chi connectivity index (χ2v) is 7.75. The molecule has 1 aliphatic heterocycles. The molecule has 26 heavy (non-hydrogen) atoms. The summed E-state index contributed by atoms with van der Waals surface area (Å²) in [5.41, 5.74) is 2.88. The van der Waals surface area contributed by atoms with Crippen LogP contribution in [0.1, 0.15) is 0 Å². The Hall–Kier alpha value is -2.44. The highest BCUT2D eigenvalue weighted by Crippen LogP contribution is 2.31. The molecule has 0 N–H and O–H groups in total. The van der Waals surface area contributed by atoms with Gasteiger partial charge in [-0.15, -0.1) is 0 Å². The molecule has 1 aliphatic rings. The first kappa shape index (κ1) is 15.8. The Labute approximate surface area is 159 Å². The Morgan fingerprint density at radius 3 is 2.46 bits per heavy atom. The van der Waals surface area contributed by atoms with Gasteiger partial charge in [0.05, 0.1) is 27.4 Å². The molecule has 1 fully saturated rings. The number of thiazole rings is 1. The molecule has 4 aromatic rings. The van der Waals surface area contributed by atoms with Crippen LogP contribution in [0.4, 0.5) is 10.9 Å². The van der Waals surface area contributed by atoms with Crippen molar-refractivity contribution in [2.45, 2.75) is 0 Å². The van der Waals surface area contributed by atoms with Gasteiger partial charge in [-0.2, -0.15) is 0 Å². The van der Waals surface area contributed by atoms with Gasteiger partial charge >= 0.3 is 0 Å². The molecule has 0 spiro atoms. The van der Waals surface area contributed by atoms with E-state index in [0.29, 0.717) is 0 Å². The first-order chi connectivity index (χ1) is 12.8. The van der Waals surface area contributed by atoms with Crippen molar-refractivity contribution < 1.29 is 0 Å². The molecule has 0 saturated carbocycles. The quantitative estimate of drug-likeness (QED) is 0.520. The summed E-state index contributed by atoms with van der Waals surface area (Å²) < 4.78 is 1.13. The number of piperazine rings is 1. The fourth-order valence-corrected chi connectivity index (χ4v) is 4.54. The van der Waals surface area contributed by atoms with Gasteiger partial charge in [0.1, 0.15) is 5.82 Å². The standard InChI is InChI=1S/C19H16ClN5S/c20-13-5-6-16-17(11-13)26-19(23-16)25-9-7-24(8-10-25)18-12-21-14-3-1-2-4-15(14)22-18/h1-6,11-12H,7-10H2. The Morgan fingerprint density at radius 1 is 0.846 bits per heavy atom. The van der Waals surface area contributed by atoms with Gasteiger partial charge in [0.2, 0.25) is 0 Å². The Kier molecular flexibility index (Phi) is 3.87. The summed E-state index contributed by atoms with van der Waals surface area (Å²) in [6.45, 7) is 3.65. The third-order valence-corrected chi connectivity index (χ3v) is 5.96. The second kappa shape index (κ2) is 6.37. The maximum absolute atomic E-state index is 6.09. The second-order valence-electron chi connectivity index (χ2n) is 6.30. The molecular weight excluding hydrogens is 366 g/mol. The number of para-hydroxylation sites is 2. The highest BCUT2D eigenvalue weighted by atomic mass is 35.5. The van der Waals surface area contributed by atoms with Crippen LogP contribution < -0.4 is 9.80 Å². The van der Waals surface area contributed by atoms with Crippen LogP contribution in [0.5, 0.6) is 0 Å². The molecule has 0 bridgehead atoms. The van der Waals surface area contributed by atoms with E-state index >= 15 is 0 Å². The zero-order chi connectivity index (χ0) is 17.5. The summed E-state index contributed by atoms with van der Waals surface area (Å²) in [7, 11) is 0. The average Bonchev–Trinajstić information content (AvgIpc) is 3.11. The molecule has 0 amide bonds. The lowest BCUT2D eigenvalue weighted by atomic mass is 10.3. The number of rotatable bonds is 2. The lowest BCUT2D eigenvalue weighted by Crippen LogP contribution is -2.46. The van der Waals surface area contributed by atoms with E-state index in [2.05, 4.69) is 14.8 Å². The normalized spacial score (nSPS) is 15.1. The third kappa shape index (κ3) is 2.85. The predicted molar refractivity (Wildman–Crippen MR) is 109 cm³/mol. The fraction of sp³-hybridized carbons (Fsp3) is 0.211. The number of nitrogens with zero attached hydrogens (tertiary/aromatic N) is 5. The van der Waals surface area contributed by atoms with Crippen molar-refractivity contribution in [2.75, 3.05) is 36.0 Å². The number of aromatic nitrogens is 3. The lowest BCUT2D eigenvalue weighted by Gasteiger charge is -2.35. The third-order valence-electron chi connectivity index (χ3n) is 4.65. The molecule has 7 heteroatoms. The molecule has 5 nitrogen and oxygen atoms in total. The molecule has 2 aromatic carbocycles. The number of hydrogen-bond acceptors (Lipinski definition) is 6. The van der Waals surface area contributed by atoms with E-state index in [1.807, 2.05) is 48.7 Å². The topological polar surface area (TPSA) is 45.2 Å². The molecule has 0 aliphatic carbocycles. The highest BCUT2D eigenvalue weighted by Gasteiger charge is 2.21. The zero-order valence-electron chi connectivity index (χ0n) is 14.0. The maximum Gasteiger partial charge on any atom is 0.186 e. The summed E-state index contributed by atoms with van der Waals surface area (Å²) >= 11 is 7.79. The van der Waals surface area contributed by atoms with Crippen molar-refractivity contribution >= 4 is 55.1 Å². The summed E-state index contributed by atoms with van der Waals surface area (Å²) in [5, 5.41) is 1.82. The van der Waals surface area contributed by atoms with E-state index in [1.54, 1.807) is 11.3 Å². The van der Waals surface area contributed by atoms with Crippen molar-refractivity contribution in [3.8, 4) is 0 Å². The van der Waals surface area contributed by atoms with Gasteiger partial charge in [-0.25, -0.2) is 9.97 Å². The highest BCUT2D eigenvalue weighted by molar-refractivity contribution is 7.22. The summed E-state index contributed by atoms with van der Waals surface area (Å²) in [6.07, 6.45) is 1.87. The van der Waals surface area contributed by atoms with Crippen LogP contribution >= 0.6 is 22.9 Å². The van der Waals surface area contributed by atoms with Crippen molar-refractivity contribution in [1.29, 1.82) is 0 Å². The molecule has 5 rings (SSSR count). The van der Waals surface area contributed by atoms with Crippen LogP contribution in [0.25, 0.3) is 21.3 Å². The summed E-state index contributed by atoms with van der Waals surface area (Å²) in [4.78, 5) is 18.7. The van der Waals surface area contributed by atoms with E-state index in [-0.39, 0.29) is 0 Å². The van der Waals surface area contributed by atoms with Gasteiger partial charge in [-0.05, 0) is 30.3 Å². The van der Waals surface area contributed by atoms with Crippen LogP contribution in [0.15, 0.2) is 48.7 Å². The fourth-order valence-electron chi connectivity index (χ4n) is 3.25. The maximum atomic E-state index is 6.09. The number of halogens is 1. The average molecular weight is 382 g/mol. The monoisotopic (exact) mass is 381 g/mol. The van der Waals surface area contributed by atoms with Crippen LogP contribution in [-0.4, -0.2) is 41.1 Å². The summed E-state index contributed by atoms with van der Waals surface area (Å²) in [5.74, 6) is 0.944. The first-order valence-electron chi connectivity index (χ1n) is 8.54. The lowest BCUT2D eigenvalue weighted by molar-refractivity contribution is 0.646. The van der Waals surface area contributed by atoms with Crippen LogP contribution in [0, 0.1) is 0 Å². The van der Waals surface area contributed by atoms with E-state index < -0.39 is 0 Å². The smallest absolute Gasteiger partial charge is 0.186 e.